The molecule has 1 aromatic rings. The third kappa shape index (κ3) is 3.37. The lowest BCUT2D eigenvalue weighted by molar-refractivity contribution is 0.734. The van der Waals surface area contributed by atoms with E-state index in [0.717, 1.165) is 6.42 Å². The van der Waals surface area contributed by atoms with Crippen LogP contribution in [0.1, 0.15) is 23.6 Å². The van der Waals surface area contributed by atoms with Gasteiger partial charge < -0.3 is 5.73 Å². The Morgan fingerprint density at radius 2 is 1.92 bits per heavy atom. The van der Waals surface area contributed by atoms with Crippen molar-refractivity contribution in [3.05, 3.63) is 34.9 Å². The standard InChI is InChI=1S/C11H17N.ClH/c1-8-5-4-6-11(10(8)3)7-9(2)12;/h4-6,9H,7,12H2,1-3H3;1H. The molecule has 74 valence electrons. The third-order valence-electron chi connectivity index (χ3n) is 2.26. The zero-order chi connectivity index (χ0) is 9.14. The number of rotatable bonds is 2. The van der Waals surface area contributed by atoms with Crippen LogP contribution in [0.4, 0.5) is 0 Å². The average Bonchev–Trinajstić information content (AvgIpc) is 1.98. The SMILES string of the molecule is Cc1cccc(CC(C)N)c1C.Cl. The minimum absolute atomic E-state index is 0. The summed E-state index contributed by atoms with van der Waals surface area (Å²) in [5.41, 5.74) is 9.86. The second-order valence-electron chi connectivity index (χ2n) is 3.54. The van der Waals surface area contributed by atoms with Crippen LogP contribution in [0, 0.1) is 13.8 Å². The molecule has 1 nitrogen and oxygen atoms in total. The second kappa shape index (κ2) is 5.25. The van der Waals surface area contributed by atoms with Gasteiger partial charge in [-0.1, -0.05) is 18.2 Å². The molecule has 1 rings (SSSR count). The van der Waals surface area contributed by atoms with E-state index in [1.165, 1.54) is 16.7 Å². The molecule has 0 aromatic heterocycles. The zero-order valence-electron chi connectivity index (χ0n) is 8.50. The van der Waals surface area contributed by atoms with Crippen molar-refractivity contribution in [3.63, 3.8) is 0 Å². The molecule has 0 fully saturated rings. The Kier molecular flexibility index (Phi) is 5.04. The van der Waals surface area contributed by atoms with Crippen LogP contribution >= 0.6 is 12.4 Å². The molecule has 0 aliphatic carbocycles. The van der Waals surface area contributed by atoms with Gasteiger partial charge in [0.2, 0.25) is 0 Å². The fraction of sp³-hybridized carbons (Fsp3) is 0.455. The first-order valence-corrected chi connectivity index (χ1v) is 4.42. The van der Waals surface area contributed by atoms with Gasteiger partial charge in [-0.25, -0.2) is 0 Å². The van der Waals surface area contributed by atoms with E-state index in [9.17, 15) is 0 Å². The minimum Gasteiger partial charge on any atom is -0.328 e. The topological polar surface area (TPSA) is 26.0 Å². The molecule has 2 heteroatoms. The van der Waals surface area contributed by atoms with Gasteiger partial charge in [0.05, 0.1) is 0 Å². The van der Waals surface area contributed by atoms with Crippen molar-refractivity contribution < 1.29 is 0 Å². The van der Waals surface area contributed by atoms with E-state index in [-0.39, 0.29) is 18.4 Å². The number of hydrogen-bond donors (Lipinski definition) is 1. The van der Waals surface area contributed by atoms with Gasteiger partial charge >= 0.3 is 0 Å². The summed E-state index contributed by atoms with van der Waals surface area (Å²) in [6.07, 6.45) is 0.980. The van der Waals surface area contributed by atoms with Gasteiger partial charge in [0.1, 0.15) is 0 Å². The molecule has 0 saturated heterocycles. The largest absolute Gasteiger partial charge is 0.328 e. The Hall–Kier alpha value is -0.530. The first-order chi connectivity index (χ1) is 5.61. The highest BCUT2D eigenvalue weighted by atomic mass is 35.5. The monoisotopic (exact) mass is 199 g/mol. The summed E-state index contributed by atoms with van der Waals surface area (Å²) in [6.45, 7) is 6.34. The number of benzene rings is 1. The Morgan fingerprint density at radius 3 is 2.46 bits per heavy atom. The number of halogens is 1. The molecule has 0 aliphatic rings. The molecule has 0 heterocycles. The quantitative estimate of drug-likeness (QED) is 0.779. The predicted molar refractivity (Wildman–Crippen MR) is 60.5 cm³/mol. The van der Waals surface area contributed by atoms with Crippen molar-refractivity contribution in [3.8, 4) is 0 Å². The number of aryl methyl sites for hydroxylation is 1. The van der Waals surface area contributed by atoms with Crippen molar-refractivity contribution >= 4 is 12.4 Å². The van der Waals surface area contributed by atoms with E-state index in [1.54, 1.807) is 0 Å². The third-order valence-corrected chi connectivity index (χ3v) is 2.26. The molecule has 0 aliphatic heterocycles. The van der Waals surface area contributed by atoms with Crippen molar-refractivity contribution in [1.29, 1.82) is 0 Å². The Balaban J connectivity index is 0.00000144. The summed E-state index contributed by atoms with van der Waals surface area (Å²) < 4.78 is 0. The highest BCUT2D eigenvalue weighted by Gasteiger charge is 2.02. The number of hydrogen-bond acceptors (Lipinski definition) is 1. The average molecular weight is 200 g/mol. The lowest BCUT2D eigenvalue weighted by Crippen LogP contribution is -2.18. The summed E-state index contributed by atoms with van der Waals surface area (Å²) in [5, 5.41) is 0. The van der Waals surface area contributed by atoms with Crippen molar-refractivity contribution in [2.45, 2.75) is 33.2 Å². The molecule has 2 N–H and O–H groups in total. The van der Waals surface area contributed by atoms with E-state index in [4.69, 9.17) is 5.73 Å². The molecule has 0 saturated carbocycles. The van der Waals surface area contributed by atoms with E-state index < -0.39 is 0 Å². The number of nitrogens with two attached hydrogens (primary N) is 1. The van der Waals surface area contributed by atoms with Gasteiger partial charge in [0.15, 0.2) is 0 Å². The van der Waals surface area contributed by atoms with Crippen LogP contribution in [-0.4, -0.2) is 6.04 Å². The summed E-state index contributed by atoms with van der Waals surface area (Å²) in [5.74, 6) is 0. The lowest BCUT2D eigenvalue weighted by atomic mass is 9.99. The Bertz CT molecular complexity index is 269. The zero-order valence-corrected chi connectivity index (χ0v) is 9.32. The lowest BCUT2D eigenvalue weighted by Gasteiger charge is -2.10. The summed E-state index contributed by atoms with van der Waals surface area (Å²) in [4.78, 5) is 0. The highest BCUT2D eigenvalue weighted by molar-refractivity contribution is 5.85. The van der Waals surface area contributed by atoms with Crippen molar-refractivity contribution in [2.75, 3.05) is 0 Å². The molecule has 0 spiro atoms. The molecular weight excluding hydrogens is 182 g/mol. The summed E-state index contributed by atoms with van der Waals surface area (Å²) >= 11 is 0. The Morgan fingerprint density at radius 1 is 1.31 bits per heavy atom. The van der Waals surface area contributed by atoms with Gasteiger partial charge in [-0.15, -0.1) is 12.4 Å². The maximum atomic E-state index is 5.74. The molecule has 1 unspecified atom stereocenters. The molecule has 0 radical (unpaired) electrons. The Labute approximate surface area is 86.7 Å². The maximum absolute atomic E-state index is 5.74. The molecular formula is C11H18ClN. The molecule has 1 atom stereocenters. The van der Waals surface area contributed by atoms with E-state index in [1.807, 2.05) is 6.92 Å². The summed E-state index contributed by atoms with van der Waals surface area (Å²) in [7, 11) is 0. The first kappa shape index (κ1) is 12.5. The summed E-state index contributed by atoms with van der Waals surface area (Å²) in [6, 6.07) is 6.65. The molecule has 0 bridgehead atoms. The fourth-order valence-electron chi connectivity index (χ4n) is 1.38. The smallest absolute Gasteiger partial charge is 0.00510 e. The van der Waals surface area contributed by atoms with Crippen molar-refractivity contribution in [1.82, 2.24) is 0 Å². The van der Waals surface area contributed by atoms with Crippen LogP contribution in [0.5, 0.6) is 0 Å². The van der Waals surface area contributed by atoms with Crippen molar-refractivity contribution in [2.24, 2.45) is 5.73 Å². The maximum Gasteiger partial charge on any atom is 0.00510 e. The molecule has 1 aromatic carbocycles. The second-order valence-corrected chi connectivity index (χ2v) is 3.54. The van der Waals surface area contributed by atoms with Crippen LogP contribution in [0.25, 0.3) is 0 Å². The molecule has 13 heavy (non-hydrogen) atoms. The molecule has 0 amide bonds. The van der Waals surface area contributed by atoms with Gasteiger partial charge in [-0.3, -0.25) is 0 Å². The first-order valence-electron chi connectivity index (χ1n) is 4.42. The van der Waals surface area contributed by atoms with E-state index in [2.05, 4.69) is 32.0 Å². The van der Waals surface area contributed by atoms with Gasteiger partial charge in [0.25, 0.3) is 0 Å². The van der Waals surface area contributed by atoms with Crippen LogP contribution < -0.4 is 5.73 Å². The van der Waals surface area contributed by atoms with Crippen LogP contribution in [0.2, 0.25) is 0 Å². The fourth-order valence-corrected chi connectivity index (χ4v) is 1.38. The van der Waals surface area contributed by atoms with E-state index in [0.29, 0.717) is 0 Å². The predicted octanol–water partition coefficient (Wildman–Crippen LogP) is 2.61. The van der Waals surface area contributed by atoms with Gasteiger partial charge in [0, 0.05) is 6.04 Å². The van der Waals surface area contributed by atoms with E-state index >= 15 is 0 Å². The minimum atomic E-state index is 0. The van der Waals surface area contributed by atoms with Crippen LogP contribution in [-0.2, 0) is 6.42 Å². The normalized spacial score (nSPS) is 12.0. The van der Waals surface area contributed by atoms with Gasteiger partial charge in [-0.05, 0) is 43.9 Å². The van der Waals surface area contributed by atoms with Gasteiger partial charge in [-0.2, -0.15) is 0 Å². The van der Waals surface area contributed by atoms with Crippen LogP contribution in [0.15, 0.2) is 18.2 Å². The highest BCUT2D eigenvalue weighted by Crippen LogP contribution is 2.13. The van der Waals surface area contributed by atoms with Crippen LogP contribution in [0.3, 0.4) is 0 Å².